The van der Waals surface area contributed by atoms with E-state index in [0.29, 0.717) is 0 Å². The molecule has 0 atom stereocenters. The van der Waals surface area contributed by atoms with Crippen molar-refractivity contribution >= 4 is 23.0 Å². The van der Waals surface area contributed by atoms with Gasteiger partial charge in [-0.1, -0.05) is 19.1 Å². The van der Waals surface area contributed by atoms with Crippen molar-refractivity contribution < 1.29 is 4.74 Å². The number of hydrogen-bond donors (Lipinski definition) is 0. The minimum Gasteiger partial charge on any atom is -0.494 e. The fraction of sp³-hybridized carbons (Fsp3) is 0.500. The van der Waals surface area contributed by atoms with Crippen LogP contribution in [0.4, 0.5) is 0 Å². The van der Waals surface area contributed by atoms with Crippen LogP contribution < -0.4 is 4.74 Å². The van der Waals surface area contributed by atoms with E-state index in [-0.39, 0.29) is 0 Å². The number of aryl methyl sites for hydroxylation is 1. The van der Waals surface area contributed by atoms with E-state index in [1.54, 1.807) is 11.8 Å². The highest BCUT2D eigenvalue weighted by atomic mass is 32.2. The first-order valence-corrected chi connectivity index (χ1v) is 8.34. The third-order valence-corrected chi connectivity index (χ3v) is 4.00. The standard InChI is InChI=1S/C16H22N2OS/c1-2-14-7-6-9-16(11-14)19-10-5-3-4-8-15-12-20-13-17-18-15/h6-7,9,11,13H,2-5,8,10,12H2,1H3. The normalized spacial score (nSPS) is 14.2. The highest BCUT2D eigenvalue weighted by Gasteiger charge is 2.03. The van der Waals surface area contributed by atoms with Crippen LogP contribution in [0.5, 0.6) is 5.75 Å². The largest absolute Gasteiger partial charge is 0.494 e. The van der Waals surface area contributed by atoms with Gasteiger partial charge < -0.3 is 4.74 Å². The molecule has 108 valence electrons. The minimum atomic E-state index is 0.798. The zero-order valence-corrected chi connectivity index (χ0v) is 12.9. The molecule has 1 aromatic carbocycles. The van der Waals surface area contributed by atoms with Crippen molar-refractivity contribution in [2.75, 3.05) is 12.4 Å². The second-order valence-electron chi connectivity index (χ2n) is 4.86. The summed E-state index contributed by atoms with van der Waals surface area (Å²) < 4.78 is 5.78. The van der Waals surface area contributed by atoms with Crippen molar-refractivity contribution in [2.45, 2.75) is 39.0 Å². The molecular weight excluding hydrogens is 268 g/mol. The summed E-state index contributed by atoms with van der Waals surface area (Å²) in [7, 11) is 0. The van der Waals surface area contributed by atoms with E-state index < -0.39 is 0 Å². The van der Waals surface area contributed by atoms with E-state index in [1.165, 1.54) is 24.1 Å². The molecule has 0 bridgehead atoms. The quantitative estimate of drug-likeness (QED) is 0.668. The number of rotatable bonds is 8. The summed E-state index contributed by atoms with van der Waals surface area (Å²) in [5.41, 5.74) is 4.35. The van der Waals surface area contributed by atoms with Crippen LogP contribution in [-0.2, 0) is 6.42 Å². The molecular formula is C16H22N2OS. The lowest BCUT2D eigenvalue weighted by molar-refractivity contribution is 0.305. The minimum absolute atomic E-state index is 0.798. The molecule has 1 heterocycles. The summed E-state index contributed by atoms with van der Waals surface area (Å²) in [6.45, 7) is 2.96. The Bertz CT molecular complexity index is 471. The van der Waals surface area contributed by atoms with E-state index in [2.05, 4.69) is 35.3 Å². The van der Waals surface area contributed by atoms with Crippen molar-refractivity contribution in [2.24, 2.45) is 10.2 Å². The van der Waals surface area contributed by atoms with E-state index in [1.807, 2.05) is 11.6 Å². The SMILES string of the molecule is CCc1cccc(OCCCCCC2=NN=CSC2)c1. The first-order valence-electron chi connectivity index (χ1n) is 7.29. The van der Waals surface area contributed by atoms with E-state index >= 15 is 0 Å². The third-order valence-electron chi connectivity index (χ3n) is 3.26. The molecule has 0 spiro atoms. The lowest BCUT2D eigenvalue weighted by Crippen LogP contribution is -2.05. The van der Waals surface area contributed by atoms with Crippen LogP contribution in [0.3, 0.4) is 0 Å². The maximum atomic E-state index is 5.78. The van der Waals surface area contributed by atoms with Crippen LogP contribution in [0.25, 0.3) is 0 Å². The summed E-state index contributed by atoms with van der Waals surface area (Å²) in [4.78, 5) is 0. The van der Waals surface area contributed by atoms with Gasteiger partial charge in [-0.2, -0.15) is 10.2 Å². The molecule has 0 saturated heterocycles. The molecule has 20 heavy (non-hydrogen) atoms. The number of nitrogens with zero attached hydrogens (tertiary/aromatic N) is 2. The lowest BCUT2D eigenvalue weighted by Gasteiger charge is -2.08. The Kier molecular flexibility index (Phi) is 6.64. The number of unbranched alkanes of at least 4 members (excludes halogenated alkanes) is 2. The van der Waals surface area contributed by atoms with Crippen LogP contribution in [-0.4, -0.2) is 23.6 Å². The maximum absolute atomic E-state index is 5.78. The van der Waals surface area contributed by atoms with Gasteiger partial charge in [-0.05, 0) is 49.8 Å². The Hall–Kier alpha value is -1.29. The average molecular weight is 290 g/mol. The second-order valence-corrected chi connectivity index (χ2v) is 5.69. The zero-order chi connectivity index (χ0) is 14.0. The van der Waals surface area contributed by atoms with E-state index in [4.69, 9.17) is 4.74 Å². The van der Waals surface area contributed by atoms with Gasteiger partial charge in [0.25, 0.3) is 0 Å². The molecule has 0 fully saturated rings. The van der Waals surface area contributed by atoms with Gasteiger partial charge in [0, 0.05) is 5.75 Å². The van der Waals surface area contributed by atoms with Gasteiger partial charge in [0.1, 0.15) is 5.75 Å². The molecule has 0 aromatic heterocycles. The zero-order valence-electron chi connectivity index (χ0n) is 12.0. The fourth-order valence-electron chi connectivity index (χ4n) is 2.08. The van der Waals surface area contributed by atoms with Crippen molar-refractivity contribution in [3.8, 4) is 5.75 Å². The molecule has 3 nitrogen and oxygen atoms in total. The Labute approximate surface area is 125 Å². The van der Waals surface area contributed by atoms with Gasteiger partial charge in [-0.25, -0.2) is 0 Å². The first kappa shape index (κ1) is 15.1. The van der Waals surface area contributed by atoms with Crippen molar-refractivity contribution in [3.05, 3.63) is 29.8 Å². The molecule has 2 rings (SSSR count). The Balaban J connectivity index is 1.57. The van der Waals surface area contributed by atoms with Gasteiger partial charge >= 0.3 is 0 Å². The van der Waals surface area contributed by atoms with Crippen LogP contribution in [0.1, 0.15) is 38.2 Å². The van der Waals surface area contributed by atoms with E-state index in [0.717, 1.165) is 37.4 Å². The van der Waals surface area contributed by atoms with Gasteiger partial charge in [-0.3, -0.25) is 0 Å². The van der Waals surface area contributed by atoms with Crippen molar-refractivity contribution in [1.29, 1.82) is 0 Å². The molecule has 0 amide bonds. The van der Waals surface area contributed by atoms with Gasteiger partial charge in [0.05, 0.1) is 17.9 Å². The highest BCUT2D eigenvalue weighted by molar-refractivity contribution is 8.12. The van der Waals surface area contributed by atoms with Crippen LogP contribution in [0, 0.1) is 0 Å². The number of ether oxygens (including phenoxy) is 1. The molecule has 1 aromatic rings. The summed E-state index contributed by atoms with van der Waals surface area (Å²) >= 11 is 1.72. The molecule has 1 aliphatic heterocycles. The summed E-state index contributed by atoms with van der Waals surface area (Å²) in [5.74, 6) is 2.00. The first-order chi connectivity index (χ1) is 9.88. The Morgan fingerprint density at radius 2 is 2.20 bits per heavy atom. The number of benzene rings is 1. The van der Waals surface area contributed by atoms with Gasteiger partial charge in [0.2, 0.25) is 0 Å². The second kappa shape index (κ2) is 8.80. The number of hydrogen-bond acceptors (Lipinski definition) is 4. The topological polar surface area (TPSA) is 34.0 Å². The molecule has 0 saturated carbocycles. The monoisotopic (exact) mass is 290 g/mol. The smallest absolute Gasteiger partial charge is 0.119 e. The molecule has 0 radical (unpaired) electrons. The van der Waals surface area contributed by atoms with Gasteiger partial charge in [-0.15, -0.1) is 11.8 Å². The third kappa shape index (κ3) is 5.37. The maximum Gasteiger partial charge on any atom is 0.119 e. The van der Waals surface area contributed by atoms with E-state index in [9.17, 15) is 0 Å². The fourth-order valence-corrected chi connectivity index (χ4v) is 2.66. The molecule has 0 unspecified atom stereocenters. The Morgan fingerprint density at radius 1 is 1.25 bits per heavy atom. The van der Waals surface area contributed by atoms with Crippen LogP contribution in [0.2, 0.25) is 0 Å². The van der Waals surface area contributed by atoms with Crippen LogP contribution >= 0.6 is 11.8 Å². The Morgan fingerprint density at radius 3 is 3.00 bits per heavy atom. The predicted molar refractivity (Wildman–Crippen MR) is 88.2 cm³/mol. The van der Waals surface area contributed by atoms with Gasteiger partial charge in [0.15, 0.2) is 0 Å². The molecule has 0 N–H and O–H groups in total. The van der Waals surface area contributed by atoms with Crippen LogP contribution in [0.15, 0.2) is 34.5 Å². The molecule has 1 aliphatic rings. The predicted octanol–water partition coefficient (Wildman–Crippen LogP) is 4.32. The number of thioether (sulfide) groups is 1. The molecule has 0 aliphatic carbocycles. The lowest BCUT2D eigenvalue weighted by atomic mass is 10.1. The highest BCUT2D eigenvalue weighted by Crippen LogP contribution is 2.15. The van der Waals surface area contributed by atoms with Crippen molar-refractivity contribution in [3.63, 3.8) is 0 Å². The summed E-state index contributed by atoms with van der Waals surface area (Å²) in [5, 5.41) is 8.08. The van der Waals surface area contributed by atoms with Crippen molar-refractivity contribution in [1.82, 2.24) is 0 Å². The molecule has 4 heteroatoms. The summed E-state index contributed by atoms with van der Waals surface area (Å²) in [6, 6.07) is 8.36. The summed E-state index contributed by atoms with van der Waals surface area (Å²) in [6.07, 6.45) is 5.57. The average Bonchev–Trinajstić information content (AvgIpc) is 2.52.